The lowest BCUT2D eigenvalue weighted by atomic mass is 9.99. The number of piperidine rings is 1. The van der Waals surface area contributed by atoms with E-state index >= 15 is 0 Å². The molecule has 0 radical (unpaired) electrons. The normalized spacial score (nSPS) is 17.5. The summed E-state index contributed by atoms with van der Waals surface area (Å²) in [6, 6.07) is 10.7. The second-order valence-electron chi connectivity index (χ2n) is 6.61. The first-order valence-electron chi connectivity index (χ1n) is 8.89. The predicted octanol–water partition coefficient (Wildman–Crippen LogP) is 2.34. The number of nitrogens with one attached hydrogen (secondary N) is 2. The second-order valence-corrected chi connectivity index (χ2v) is 8.98. The number of hydrogen-bond donors (Lipinski definition) is 2. The number of carbonyl (C=O) groups excluding carboxylic acids is 2. The summed E-state index contributed by atoms with van der Waals surface area (Å²) in [5.41, 5.74) is 4.98. The molecule has 7 nitrogen and oxygen atoms in total. The van der Waals surface area contributed by atoms with Gasteiger partial charge in [-0.1, -0.05) is 11.6 Å². The van der Waals surface area contributed by atoms with E-state index in [1.54, 1.807) is 12.1 Å². The maximum Gasteiger partial charge on any atom is 0.269 e. The van der Waals surface area contributed by atoms with Crippen LogP contribution in [0, 0.1) is 11.7 Å². The van der Waals surface area contributed by atoms with Gasteiger partial charge in [-0.3, -0.25) is 20.4 Å². The molecule has 2 amide bonds. The highest BCUT2D eigenvalue weighted by Crippen LogP contribution is 2.24. The number of sulfonamides is 1. The highest BCUT2D eigenvalue weighted by Gasteiger charge is 2.33. The Morgan fingerprint density at radius 3 is 2.34 bits per heavy atom. The number of hydrazine groups is 1. The molecule has 2 aromatic carbocycles. The predicted molar refractivity (Wildman–Crippen MR) is 105 cm³/mol. The van der Waals surface area contributed by atoms with Crippen LogP contribution in [0.2, 0.25) is 5.02 Å². The summed E-state index contributed by atoms with van der Waals surface area (Å²) in [5.74, 6) is -2.14. The van der Waals surface area contributed by atoms with Gasteiger partial charge in [-0.15, -0.1) is 0 Å². The Kier molecular flexibility index (Phi) is 6.51. The van der Waals surface area contributed by atoms with Crippen molar-refractivity contribution >= 4 is 33.4 Å². The van der Waals surface area contributed by atoms with Gasteiger partial charge in [0.1, 0.15) is 5.82 Å². The Morgan fingerprint density at radius 1 is 1.03 bits per heavy atom. The van der Waals surface area contributed by atoms with E-state index < -0.39 is 33.6 Å². The third-order valence-corrected chi connectivity index (χ3v) is 6.74. The van der Waals surface area contributed by atoms with E-state index in [0.717, 1.165) is 12.1 Å². The lowest BCUT2D eigenvalue weighted by Gasteiger charge is -2.31. The monoisotopic (exact) mass is 439 g/mol. The third kappa shape index (κ3) is 5.11. The van der Waals surface area contributed by atoms with E-state index in [9.17, 15) is 22.4 Å². The van der Waals surface area contributed by atoms with Crippen molar-refractivity contribution in [3.63, 3.8) is 0 Å². The first kappa shape index (κ1) is 21.2. The van der Waals surface area contributed by atoms with Crippen molar-refractivity contribution in [2.24, 2.45) is 5.92 Å². The summed E-state index contributed by atoms with van der Waals surface area (Å²) < 4.78 is 39.8. The number of amides is 2. The average molecular weight is 440 g/mol. The molecular formula is C19H19ClFN3O4S. The van der Waals surface area contributed by atoms with Gasteiger partial charge in [-0.05, 0) is 61.4 Å². The summed E-state index contributed by atoms with van der Waals surface area (Å²) in [4.78, 5) is 24.5. The maximum atomic E-state index is 13.1. The van der Waals surface area contributed by atoms with E-state index in [4.69, 9.17) is 11.6 Å². The van der Waals surface area contributed by atoms with Crippen LogP contribution in [0.15, 0.2) is 53.4 Å². The SMILES string of the molecule is O=C(NNC(=O)C1CCCN(S(=O)(=O)c2ccc(F)cc2)C1)c1ccc(Cl)cc1. The number of rotatable bonds is 4. The van der Waals surface area contributed by atoms with Crippen molar-refractivity contribution in [1.29, 1.82) is 0 Å². The van der Waals surface area contributed by atoms with E-state index in [2.05, 4.69) is 10.9 Å². The highest BCUT2D eigenvalue weighted by atomic mass is 35.5. The van der Waals surface area contributed by atoms with Crippen LogP contribution in [0.1, 0.15) is 23.2 Å². The van der Waals surface area contributed by atoms with Gasteiger partial charge in [0.05, 0.1) is 10.8 Å². The third-order valence-electron chi connectivity index (χ3n) is 4.61. The van der Waals surface area contributed by atoms with Crippen molar-refractivity contribution in [3.05, 3.63) is 64.9 Å². The van der Waals surface area contributed by atoms with Crippen molar-refractivity contribution < 1.29 is 22.4 Å². The molecule has 1 unspecified atom stereocenters. The molecule has 1 aliphatic heterocycles. The standard InChI is InChI=1S/C19H19ClFN3O4S/c20-15-5-3-13(4-6-15)18(25)22-23-19(26)14-2-1-11-24(12-14)29(27,28)17-9-7-16(21)8-10-17/h3-10,14H,1-2,11-12H2,(H,22,25)(H,23,26). The van der Waals surface area contributed by atoms with Crippen LogP contribution in [0.3, 0.4) is 0 Å². The maximum absolute atomic E-state index is 13.1. The Labute approximate surface area is 172 Å². The number of hydrogen-bond acceptors (Lipinski definition) is 4. The Balaban J connectivity index is 1.61. The molecule has 154 valence electrons. The van der Waals surface area contributed by atoms with Crippen LogP contribution >= 0.6 is 11.6 Å². The zero-order chi connectivity index (χ0) is 21.0. The van der Waals surface area contributed by atoms with Crippen LogP contribution in [-0.2, 0) is 14.8 Å². The van der Waals surface area contributed by atoms with Gasteiger partial charge >= 0.3 is 0 Å². The number of halogens is 2. The molecule has 0 saturated carbocycles. The van der Waals surface area contributed by atoms with E-state index in [1.165, 1.54) is 28.6 Å². The van der Waals surface area contributed by atoms with Gasteiger partial charge in [-0.25, -0.2) is 12.8 Å². The smallest absolute Gasteiger partial charge is 0.269 e. The minimum absolute atomic E-state index is 0.0254. The van der Waals surface area contributed by atoms with Crippen LogP contribution in [-0.4, -0.2) is 37.6 Å². The van der Waals surface area contributed by atoms with E-state index in [1.807, 2.05) is 0 Å². The number of carbonyl (C=O) groups is 2. The fourth-order valence-corrected chi connectivity index (χ4v) is 4.67. The molecular weight excluding hydrogens is 421 g/mol. The molecule has 0 aliphatic carbocycles. The van der Waals surface area contributed by atoms with Crippen LogP contribution in [0.5, 0.6) is 0 Å². The fraction of sp³-hybridized carbons (Fsp3) is 0.263. The van der Waals surface area contributed by atoms with Crippen LogP contribution < -0.4 is 10.9 Å². The molecule has 1 heterocycles. The molecule has 1 atom stereocenters. The molecule has 1 aliphatic rings. The number of nitrogens with zero attached hydrogens (tertiary/aromatic N) is 1. The summed E-state index contributed by atoms with van der Waals surface area (Å²) in [5, 5.41) is 0.482. The molecule has 1 saturated heterocycles. The van der Waals surface area contributed by atoms with E-state index in [0.29, 0.717) is 23.4 Å². The van der Waals surface area contributed by atoms with Crippen LogP contribution in [0.4, 0.5) is 4.39 Å². The molecule has 1 fully saturated rings. The summed E-state index contributed by atoms with van der Waals surface area (Å²) in [7, 11) is -3.84. The molecule has 2 aromatic rings. The molecule has 29 heavy (non-hydrogen) atoms. The minimum Gasteiger partial charge on any atom is -0.273 e. The first-order chi connectivity index (χ1) is 13.8. The molecule has 2 N–H and O–H groups in total. The average Bonchev–Trinajstić information content (AvgIpc) is 2.72. The van der Waals surface area contributed by atoms with Gasteiger partial charge in [0.15, 0.2) is 0 Å². The van der Waals surface area contributed by atoms with Crippen molar-refractivity contribution in [1.82, 2.24) is 15.2 Å². The summed E-state index contributed by atoms with van der Waals surface area (Å²) >= 11 is 5.77. The number of benzene rings is 2. The van der Waals surface area contributed by atoms with Crippen LogP contribution in [0.25, 0.3) is 0 Å². The Bertz CT molecular complexity index is 997. The van der Waals surface area contributed by atoms with Crippen molar-refractivity contribution in [3.8, 4) is 0 Å². The molecule has 0 spiro atoms. The van der Waals surface area contributed by atoms with Gasteiger partial charge in [0.25, 0.3) is 5.91 Å². The topological polar surface area (TPSA) is 95.6 Å². The minimum atomic E-state index is -3.84. The van der Waals surface area contributed by atoms with Gasteiger partial charge < -0.3 is 0 Å². The zero-order valence-corrected chi connectivity index (χ0v) is 16.8. The Hall–Kier alpha value is -2.49. The lowest BCUT2D eigenvalue weighted by Crippen LogP contribution is -2.50. The fourth-order valence-electron chi connectivity index (χ4n) is 3.02. The quantitative estimate of drug-likeness (QED) is 0.715. The summed E-state index contributed by atoms with van der Waals surface area (Å²) in [6.07, 6.45) is 0.974. The van der Waals surface area contributed by atoms with Gasteiger partial charge in [-0.2, -0.15) is 4.31 Å². The van der Waals surface area contributed by atoms with Gasteiger partial charge in [0.2, 0.25) is 15.9 Å². The second kappa shape index (κ2) is 8.89. The lowest BCUT2D eigenvalue weighted by molar-refractivity contribution is -0.126. The zero-order valence-electron chi connectivity index (χ0n) is 15.3. The molecule has 0 bridgehead atoms. The highest BCUT2D eigenvalue weighted by molar-refractivity contribution is 7.89. The van der Waals surface area contributed by atoms with E-state index in [-0.39, 0.29) is 18.0 Å². The first-order valence-corrected chi connectivity index (χ1v) is 10.7. The summed E-state index contributed by atoms with van der Waals surface area (Å²) in [6.45, 7) is 0.239. The molecule has 0 aromatic heterocycles. The molecule has 3 rings (SSSR count). The van der Waals surface area contributed by atoms with Crippen molar-refractivity contribution in [2.75, 3.05) is 13.1 Å². The van der Waals surface area contributed by atoms with Gasteiger partial charge in [0, 0.05) is 23.7 Å². The Morgan fingerprint density at radius 2 is 1.69 bits per heavy atom. The molecule has 10 heteroatoms. The largest absolute Gasteiger partial charge is 0.273 e. The van der Waals surface area contributed by atoms with Crippen molar-refractivity contribution in [2.45, 2.75) is 17.7 Å².